The summed E-state index contributed by atoms with van der Waals surface area (Å²) in [6.07, 6.45) is 0. The average molecular weight is 785 g/mol. The lowest BCUT2D eigenvalue weighted by Crippen LogP contribution is -2.35. The molecule has 7 aromatic carbocycles. The Morgan fingerprint density at radius 2 is 1.28 bits per heavy atom. The van der Waals surface area contributed by atoms with Gasteiger partial charge in [0.15, 0.2) is 0 Å². The SMILES string of the molecule is CC(C)(C)c1ccc(Nc2cc3sc4ccccc4c3cc2-c2ccc3c4cc5c(cc4n4c3c2Bc2sc3ccc(C(C)(C)C)cc3c2-4)oc2ccccc25)cc1. The molecule has 0 amide bonds. The second-order valence-corrected chi connectivity index (χ2v) is 20.5. The Kier molecular flexibility index (Phi) is 7.01. The van der Waals surface area contributed by atoms with Gasteiger partial charge >= 0.3 is 0 Å². The van der Waals surface area contributed by atoms with Gasteiger partial charge in [0.1, 0.15) is 11.2 Å². The number of hydrogen-bond acceptors (Lipinski definition) is 4. The molecular formula is C52H41BN2OS2. The van der Waals surface area contributed by atoms with Crippen molar-refractivity contribution in [3.05, 3.63) is 139 Å². The maximum absolute atomic E-state index is 6.57. The Morgan fingerprint density at radius 1 is 0.534 bits per heavy atom. The maximum Gasteiger partial charge on any atom is 0.211 e. The number of para-hydroxylation sites is 1. The summed E-state index contributed by atoms with van der Waals surface area (Å²) in [7, 11) is 0.865. The van der Waals surface area contributed by atoms with E-state index in [0.29, 0.717) is 0 Å². The highest BCUT2D eigenvalue weighted by atomic mass is 32.1. The van der Waals surface area contributed by atoms with Crippen LogP contribution >= 0.6 is 22.7 Å². The first-order valence-electron chi connectivity index (χ1n) is 20.3. The monoisotopic (exact) mass is 784 g/mol. The van der Waals surface area contributed by atoms with Crippen LogP contribution in [0.4, 0.5) is 11.4 Å². The molecule has 4 aromatic heterocycles. The molecule has 5 heterocycles. The summed E-state index contributed by atoms with van der Waals surface area (Å²) in [5.74, 6) is 0. The smallest absolute Gasteiger partial charge is 0.211 e. The van der Waals surface area contributed by atoms with E-state index in [-0.39, 0.29) is 10.8 Å². The molecule has 11 aromatic rings. The van der Waals surface area contributed by atoms with Gasteiger partial charge in [-0.25, -0.2) is 0 Å². The lowest BCUT2D eigenvalue weighted by molar-refractivity contribution is 0.590. The van der Waals surface area contributed by atoms with Crippen molar-refractivity contribution in [1.82, 2.24) is 4.57 Å². The van der Waals surface area contributed by atoms with Crippen LogP contribution < -0.4 is 15.6 Å². The zero-order chi connectivity index (χ0) is 39.2. The van der Waals surface area contributed by atoms with Gasteiger partial charge in [-0.15, -0.1) is 22.7 Å². The van der Waals surface area contributed by atoms with Crippen molar-refractivity contribution in [1.29, 1.82) is 0 Å². The van der Waals surface area contributed by atoms with E-state index >= 15 is 0 Å². The number of fused-ring (bicyclic) bond motifs is 13. The van der Waals surface area contributed by atoms with Crippen molar-refractivity contribution in [3.8, 4) is 16.8 Å². The number of nitrogens with zero attached hydrogens (tertiary/aromatic N) is 1. The van der Waals surface area contributed by atoms with Gasteiger partial charge < -0.3 is 14.3 Å². The molecule has 0 aliphatic carbocycles. The van der Waals surface area contributed by atoms with Gasteiger partial charge in [-0.3, -0.25) is 0 Å². The molecule has 280 valence electrons. The van der Waals surface area contributed by atoms with Crippen LogP contribution in [0.25, 0.3) is 90.8 Å². The lowest BCUT2D eigenvalue weighted by Gasteiger charge is -2.23. The summed E-state index contributed by atoms with van der Waals surface area (Å²) in [4.78, 5) is 0. The van der Waals surface area contributed by atoms with E-state index < -0.39 is 0 Å². The lowest BCUT2D eigenvalue weighted by atomic mass is 9.63. The van der Waals surface area contributed by atoms with E-state index in [1.54, 1.807) is 0 Å². The summed E-state index contributed by atoms with van der Waals surface area (Å²) in [6, 6.07) is 47.7. The molecule has 0 fully saturated rings. The van der Waals surface area contributed by atoms with Gasteiger partial charge in [0.2, 0.25) is 7.28 Å². The Bertz CT molecular complexity index is 3530. The van der Waals surface area contributed by atoms with Gasteiger partial charge in [0, 0.05) is 80.3 Å². The van der Waals surface area contributed by atoms with E-state index in [9.17, 15) is 0 Å². The molecule has 1 N–H and O–H groups in total. The number of thiophene rings is 2. The molecule has 0 atom stereocenters. The summed E-state index contributed by atoms with van der Waals surface area (Å²) >= 11 is 3.82. The van der Waals surface area contributed by atoms with Crippen molar-refractivity contribution in [3.63, 3.8) is 0 Å². The van der Waals surface area contributed by atoms with Crippen molar-refractivity contribution >= 4 is 126 Å². The van der Waals surface area contributed by atoms with Gasteiger partial charge in [-0.1, -0.05) is 108 Å². The van der Waals surface area contributed by atoms with Crippen molar-refractivity contribution in [2.24, 2.45) is 0 Å². The summed E-state index contributed by atoms with van der Waals surface area (Å²) in [5.41, 5.74) is 14.6. The van der Waals surface area contributed by atoms with Gasteiger partial charge in [0.25, 0.3) is 0 Å². The van der Waals surface area contributed by atoms with E-state index in [1.807, 2.05) is 22.7 Å². The van der Waals surface area contributed by atoms with Crippen LogP contribution in [-0.4, -0.2) is 11.8 Å². The van der Waals surface area contributed by atoms with Crippen LogP contribution in [0.1, 0.15) is 52.7 Å². The van der Waals surface area contributed by atoms with E-state index in [4.69, 9.17) is 4.42 Å². The predicted molar refractivity (Wildman–Crippen MR) is 255 cm³/mol. The van der Waals surface area contributed by atoms with Gasteiger partial charge in [-0.2, -0.15) is 0 Å². The zero-order valence-corrected chi connectivity index (χ0v) is 35.1. The number of benzene rings is 7. The molecule has 3 nitrogen and oxygen atoms in total. The molecule has 0 bridgehead atoms. The number of rotatable bonds is 3. The second kappa shape index (κ2) is 11.9. The summed E-state index contributed by atoms with van der Waals surface area (Å²) < 4.78 is 14.5. The minimum absolute atomic E-state index is 0.0399. The Balaban J connectivity index is 1.16. The zero-order valence-electron chi connectivity index (χ0n) is 33.5. The quantitative estimate of drug-likeness (QED) is 0.181. The Hall–Kier alpha value is -5.82. The van der Waals surface area contributed by atoms with Crippen molar-refractivity contribution in [2.45, 2.75) is 52.4 Å². The van der Waals surface area contributed by atoms with E-state index in [0.717, 1.165) is 40.6 Å². The normalized spacial score (nSPS) is 13.1. The van der Waals surface area contributed by atoms with E-state index in [1.165, 1.54) is 90.2 Å². The molecular weight excluding hydrogens is 744 g/mol. The number of anilines is 2. The Labute approximate surface area is 345 Å². The minimum Gasteiger partial charge on any atom is -0.456 e. The van der Waals surface area contributed by atoms with Crippen molar-refractivity contribution < 1.29 is 4.42 Å². The largest absolute Gasteiger partial charge is 0.456 e. The Morgan fingerprint density at radius 3 is 2.09 bits per heavy atom. The fourth-order valence-electron chi connectivity index (χ4n) is 9.49. The van der Waals surface area contributed by atoms with Gasteiger partial charge in [0.05, 0.1) is 11.2 Å². The van der Waals surface area contributed by atoms with Gasteiger partial charge in [-0.05, 0) is 92.4 Å². The predicted octanol–water partition coefficient (Wildman–Crippen LogP) is 14.0. The first-order valence-corrected chi connectivity index (χ1v) is 21.9. The molecule has 58 heavy (non-hydrogen) atoms. The van der Waals surface area contributed by atoms with Crippen molar-refractivity contribution in [2.75, 3.05) is 5.32 Å². The third-order valence-corrected chi connectivity index (χ3v) is 14.8. The highest BCUT2D eigenvalue weighted by molar-refractivity contribution is 7.29. The number of furan rings is 1. The highest BCUT2D eigenvalue weighted by Gasteiger charge is 2.31. The molecule has 6 heteroatoms. The standard InChI is InChI=1S/C52H41BN2OS2/c1-51(2,3)28-15-18-30(19-16-28)54-40-26-46-38(32-12-8-10-14-44(32)57-46)24-35(40)33-20-21-34-36-25-37-31-11-7-9-13-42(31)56-43(37)27-41(36)55-48(34)47(33)53-50-49(55)39-23-29(52(4,5)6)17-22-45(39)58-50/h7-27,53-54H,1-6H3. The number of hydrogen-bond donors (Lipinski definition) is 1. The third-order valence-electron chi connectivity index (χ3n) is 12.5. The molecule has 0 saturated carbocycles. The first-order chi connectivity index (χ1) is 28.0. The average Bonchev–Trinajstić information content (AvgIpc) is 3.95. The van der Waals surface area contributed by atoms with Crippen LogP contribution in [-0.2, 0) is 10.8 Å². The molecule has 1 aliphatic rings. The molecule has 12 rings (SSSR count). The number of nitrogens with one attached hydrogen (secondary N) is 1. The molecule has 0 saturated heterocycles. The first kappa shape index (κ1) is 34.2. The summed E-state index contributed by atoms with van der Waals surface area (Å²) in [6.45, 7) is 13.8. The molecule has 1 aliphatic heterocycles. The van der Waals surface area contributed by atoms with Crippen LogP contribution in [0.15, 0.2) is 132 Å². The topological polar surface area (TPSA) is 30.1 Å². The second-order valence-electron chi connectivity index (χ2n) is 18.2. The van der Waals surface area contributed by atoms with Crippen LogP contribution in [0, 0.1) is 0 Å². The molecule has 0 spiro atoms. The summed E-state index contributed by atoms with van der Waals surface area (Å²) in [5, 5.41) is 12.7. The van der Waals surface area contributed by atoms with Crippen LogP contribution in [0.3, 0.4) is 0 Å². The third kappa shape index (κ3) is 4.98. The number of aromatic nitrogens is 1. The fourth-order valence-corrected chi connectivity index (χ4v) is 11.8. The van der Waals surface area contributed by atoms with E-state index in [2.05, 4.69) is 179 Å². The molecule has 0 radical (unpaired) electrons. The molecule has 0 unspecified atom stereocenters. The van der Waals surface area contributed by atoms with Crippen LogP contribution in [0.2, 0.25) is 0 Å². The van der Waals surface area contributed by atoms with Crippen LogP contribution in [0.5, 0.6) is 0 Å². The minimum atomic E-state index is 0.0399. The highest BCUT2D eigenvalue weighted by Crippen LogP contribution is 2.45. The fraction of sp³-hybridized carbons (Fsp3) is 0.154. The maximum atomic E-state index is 6.57.